The number of ether oxygens (including phenoxy) is 1. The number of rotatable bonds is 8. The van der Waals surface area contributed by atoms with Gasteiger partial charge in [0.15, 0.2) is 0 Å². The van der Waals surface area contributed by atoms with Crippen LogP contribution in [-0.2, 0) is 14.3 Å². The van der Waals surface area contributed by atoms with E-state index in [0.29, 0.717) is 15.8 Å². The summed E-state index contributed by atoms with van der Waals surface area (Å²) < 4.78 is 20.0. The lowest BCUT2D eigenvalue weighted by Gasteiger charge is -2.18. The van der Waals surface area contributed by atoms with Gasteiger partial charge in [-0.1, -0.05) is 27.7 Å². The fraction of sp³-hybridized carbons (Fsp3) is 0.556. The van der Waals surface area contributed by atoms with E-state index in [4.69, 9.17) is 4.74 Å². The van der Waals surface area contributed by atoms with Crippen molar-refractivity contribution in [1.29, 1.82) is 0 Å². The van der Waals surface area contributed by atoms with E-state index in [9.17, 15) is 14.0 Å². The maximum absolute atomic E-state index is 14.1. The van der Waals surface area contributed by atoms with Crippen LogP contribution < -0.4 is 5.32 Å². The van der Waals surface area contributed by atoms with Crippen molar-refractivity contribution in [3.05, 3.63) is 22.4 Å². The van der Waals surface area contributed by atoms with Crippen molar-refractivity contribution in [2.24, 2.45) is 5.92 Å². The third kappa shape index (κ3) is 6.62. The van der Waals surface area contributed by atoms with E-state index in [-0.39, 0.29) is 29.6 Å². The van der Waals surface area contributed by atoms with Gasteiger partial charge in [0.2, 0.25) is 5.91 Å². The minimum atomic E-state index is -0.527. The van der Waals surface area contributed by atoms with E-state index in [1.165, 1.54) is 17.8 Å². The summed E-state index contributed by atoms with van der Waals surface area (Å²) in [5, 5.41) is 2.18. The second kappa shape index (κ2) is 10.2. The van der Waals surface area contributed by atoms with E-state index < -0.39 is 11.1 Å². The van der Waals surface area contributed by atoms with Crippen LogP contribution in [0.15, 0.2) is 21.5 Å². The number of carbonyl (C=O) groups is 2. The molecule has 0 radical (unpaired) electrons. The molecule has 0 aliphatic carbocycles. The average Bonchev–Trinajstić information content (AvgIpc) is 2.55. The van der Waals surface area contributed by atoms with Gasteiger partial charge in [-0.25, -0.2) is 4.39 Å². The van der Waals surface area contributed by atoms with Gasteiger partial charge >= 0.3 is 5.97 Å². The molecule has 140 valence electrons. The molecule has 0 heterocycles. The van der Waals surface area contributed by atoms with Crippen LogP contribution in [0.5, 0.6) is 0 Å². The number of hydrogen-bond acceptors (Lipinski definition) is 4. The predicted octanol–water partition coefficient (Wildman–Crippen LogP) is 5.40. The first-order chi connectivity index (χ1) is 11.7. The molecule has 7 heteroatoms. The van der Waals surface area contributed by atoms with Gasteiger partial charge in [-0.15, -0.1) is 11.8 Å². The molecule has 0 bridgehead atoms. The highest BCUT2D eigenvalue weighted by Crippen LogP contribution is 2.36. The fourth-order valence-electron chi connectivity index (χ4n) is 1.80. The van der Waals surface area contributed by atoms with Crippen molar-refractivity contribution in [3.8, 4) is 0 Å². The second-order valence-electron chi connectivity index (χ2n) is 6.08. The summed E-state index contributed by atoms with van der Waals surface area (Å²) in [4.78, 5) is 24.8. The molecule has 25 heavy (non-hydrogen) atoms. The SMILES string of the molecule is CCC(C)OC(=O)C(CC)Sc1cc(NC(=O)C(C)C)c(F)cc1Br. The van der Waals surface area contributed by atoms with Crippen molar-refractivity contribution in [2.75, 3.05) is 5.32 Å². The molecule has 1 aromatic rings. The number of nitrogens with one attached hydrogen (secondary N) is 1. The smallest absolute Gasteiger partial charge is 0.319 e. The Morgan fingerprint density at radius 2 is 1.88 bits per heavy atom. The summed E-state index contributed by atoms with van der Waals surface area (Å²) in [5.74, 6) is -1.33. The Hall–Kier alpha value is -1.08. The first kappa shape index (κ1) is 22.0. The van der Waals surface area contributed by atoms with E-state index in [2.05, 4.69) is 21.2 Å². The van der Waals surface area contributed by atoms with Gasteiger partial charge in [0.05, 0.1) is 11.8 Å². The Labute approximate surface area is 161 Å². The Morgan fingerprint density at radius 3 is 2.40 bits per heavy atom. The number of halogens is 2. The van der Waals surface area contributed by atoms with E-state index in [1.54, 1.807) is 19.9 Å². The highest BCUT2D eigenvalue weighted by molar-refractivity contribution is 9.10. The number of hydrogen-bond donors (Lipinski definition) is 1. The summed E-state index contributed by atoms with van der Waals surface area (Å²) in [6.45, 7) is 9.17. The molecule has 0 saturated carbocycles. The zero-order chi connectivity index (χ0) is 19.1. The molecule has 1 aromatic carbocycles. The highest BCUT2D eigenvalue weighted by atomic mass is 79.9. The van der Waals surface area contributed by atoms with Crippen LogP contribution in [0.3, 0.4) is 0 Å². The standard InChI is InChI=1S/C18H25BrFNO3S/c1-6-11(5)24-18(23)15(7-2)25-16-9-14(13(20)8-12(16)19)21-17(22)10(3)4/h8-11,15H,6-7H2,1-5H3,(H,21,22). The van der Waals surface area contributed by atoms with Crippen LogP contribution in [0.1, 0.15) is 47.5 Å². The van der Waals surface area contributed by atoms with Gasteiger partial charge in [-0.3, -0.25) is 9.59 Å². The number of esters is 1. The van der Waals surface area contributed by atoms with Crippen molar-refractivity contribution >= 4 is 45.3 Å². The molecule has 2 atom stereocenters. The Balaban J connectivity index is 2.99. The summed E-state index contributed by atoms with van der Waals surface area (Å²) in [6, 6.07) is 2.84. The zero-order valence-corrected chi connectivity index (χ0v) is 17.6. The molecule has 4 nitrogen and oxygen atoms in total. The molecule has 0 spiro atoms. The number of anilines is 1. The Bertz CT molecular complexity index is 625. The van der Waals surface area contributed by atoms with Gasteiger partial charge in [0.25, 0.3) is 0 Å². The monoisotopic (exact) mass is 433 g/mol. The van der Waals surface area contributed by atoms with E-state index in [1.807, 2.05) is 20.8 Å². The fourth-order valence-corrected chi connectivity index (χ4v) is 3.38. The summed E-state index contributed by atoms with van der Waals surface area (Å²) in [5.41, 5.74) is 0.106. The third-order valence-electron chi connectivity index (χ3n) is 3.60. The predicted molar refractivity (Wildman–Crippen MR) is 103 cm³/mol. The normalized spacial score (nSPS) is 13.4. The second-order valence-corrected chi connectivity index (χ2v) is 8.18. The van der Waals surface area contributed by atoms with Crippen LogP contribution in [0.4, 0.5) is 10.1 Å². The van der Waals surface area contributed by atoms with Crippen LogP contribution in [-0.4, -0.2) is 23.2 Å². The Kier molecular flexibility index (Phi) is 8.93. The largest absolute Gasteiger partial charge is 0.462 e. The molecule has 1 rings (SSSR count). The van der Waals surface area contributed by atoms with Crippen molar-refractivity contribution in [2.45, 2.75) is 63.7 Å². The lowest BCUT2D eigenvalue weighted by molar-refractivity contribution is -0.147. The first-order valence-electron chi connectivity index (χ1n) is 8.36. The van der Waals surface area contributed by atoms with Gasteiger partial charge in [0.1, 0.15) is 11.1 Å². The first-order valence-corrected chi connectivity index (χ1v) is 10.0. The summed E-state index contributed by atoms with van der Waals surface area (Å²) >= 11 is 4.62. The van der Waals surface area contributed by atoms with Crippen LogP contribution in [0, 0.1) is 11.7 Å². The Morgan fingerprint density at radius 1 is 1.24 bits per heavy atom. The van der Waals surface area contributed by atoms with E-state index in [0.717, 1.165) is 6.42 Å². The number of benzene rings is 1. The number of thioether (sulfide) groups is 1. The maximum atomic E-state index is 14.1. The molecule has 0 aromatic heterocycles. The van der Waals surface area contributed by atoms with Crippen molar-refractivity contribution in [3.63, 3.8) is 0 Å². The summed E-state index contributed by atoms with van der Waals surface area (Å²) in [6.07, 6.45) is 1.19. The molecular weight excluding hydrogens is 409 g/mol. The minimum Gasteiger partial charge on any atom is -0.462 e. The van der Waals surface area contributed by atoms with Crippen LogP contribution in [0.2, 0.25) is 0 Å². The zero-order valence-electron chi connectivity index (χ0n) is 15.2. The molecule has 0 fully saturated rings. The van der Waals surface area contributed by atoms with Crippen LogP contribution >= 0.6 is 27.7 Å². The minimum absolute atomic E-state index is 0.106. The van der Waals surface area contributed by atoms with Gasteiger partial charge < -0.3 is 10.1 Å². The average molecular weight is 434 g/mol. The van der Waals surface area contributed by atoms with Gasteiger partial charge in [-0.2, -0.15) is 0 Å². The lowest BCUT2D eigenvalue weighted by Crippen LogP contribution is -2.24. The number of carbonyl (C=O) groups excluding carboxylic acids is 2. The summed E-state index contributed by atoms with van der Waals surface area (Å²) in [7, 11) is 0. The lowest BCUT2D eigenvalue weighted by atomic mass is 10.2. The third-order valence-corrected chi connectivity index (χ3v) is 5.92. The topological polar surface area (TPSA) is 55.4 Å². The molecule has 0 saturated heterocycles. The van der Waals surface area contributed by atoms with Crippen molar-refractivity contribution < 1.29 is 18.7 Å². The molecular formula is C18H25BrFNO3S. The van der Waals surface area contributed by atoms with Crippen LogP contribution in [0.25, 0.3) is 0 Å². The molecule has 0 aliphatic rings. The van der Waals surface area contributed by atoms with Gasteiger partial charge in [-0.05, 0) is 47.8 Å². The molecule has 2 unspecified atom stereocenters. The molecule has 0 aliphatic heterocycles. The highest BCUT2D eigenvalue weighted by Gasteiger charge is 2.23. The molecule has 1 N–H and O–H groups in total. The quantitative estimate of drug-likeness (QED) is 0.440. The molecule has 1 amide bonds. The number of amides is 1. The maximum Gasteiger partial charge on any atom is 0.319 e. The van der Waals surface area contributed by atoms with Gasteiger partial charge in [0, 0.05) is 15.3 Å². The van der Waals surface area contributed by atoms with Crippen molar-refractivity contribution in [1.82, 2.24) is 0 Å². The van der Waals surface area contributed by atoms with E-state index >= 15 is 0 Å².